The van der Waals surface area contributed by atoms with Crippen LogP contribution in [-0.2, 0) is 12.0 Å². The maximum atomic E-state index is 14.2. The summed E-state index contributed by atoms with van der Waals surface area (Å²) in [6.45, 7) is 3.64. The van der Waals surface area contributed by atoms with E-state index in [0.717, 1.165) is 5.69 Å². The van der Waals surface area contributed by atoms with Gasteiger partial charge < -0.3 is 11.5 Å². The summed E-state index contributed by atoms with van der Waals surface area (Å²) in [6.07, 6.45) is 2.11. The predicted octanol–water partition coefficient (Wildman–Crippen LogP) is 1.68. The highest BCUT2D eigenvalue weighted by atomic mass is 19.1. The molecule has 1 aliphatic heterocycles. The molecule has 0 spiro atoms. The van der Waals surface area contributed by atoms with Crippen LogP contribution in [-0.4, -0.2) is 15.8 Å². The molecule has 0 fully saturated rings. The first-order valence-electron chi connectivity index (χ1n) is 6.63. The summed E-state index contributed by atoms with van der Waals surface area (Å²) in [5, 5.41) is 0. The summed E-state index contributed by atoms with van der Waals surface area (Å²) in [5.74, 6) is 0.622. The lowest BCUT2D eigenvalue weighted by atomic mass is 9.84. The number of benzene rings is 1. The molecule has 6 heteroatoms. The SMILES string of the molecule is Cc1ncc2c(n1)CC(C)(c1cc(N)ccc1F)N=C2N. The summed E-state index contributed by atoms with van der Waals surface area (Å²) in [5.41, 5.74) is 13.4. The number of aliphatic imine (C=N–C) groups is 1. The standard InChI is InChI=1S/C15H16FN5/c1-8-19-7-10-13(20-8)6-15(2,21-14(10)18)11-5-9(17)3-4-12(11)16/h3-5,7H,6,17H2,1-2H3,(H2,18,21). The largest absolute Gasteiger partial charge is 0.399 e. The Morgan fingerprint density at radius 3 is 2.81 bits per heavy atom. The molecule has 0 aliphatic carbocycles. The highest BCUT2D eigenvalue weighted by Crippen LogP contribution is 2.36. The Balaban J connectivity index is 2.16. The summed E-state index contributed by atoms with van der Waals surface area (Å²) in [4.78, 5) is 13.0. The smallest absolute Gasteiger partial charge is 0.130 e. The monoisotopic (exact) mass is 285 g/mol. The van der Waals surface area contributed by atoms with Crippen molar-refractivity contribution in [2.75, 3.05) is 5.73 Å². The number of rotatable bonds is 1. The molecule has 1 unspecified atom stereocenters. The Morgan fingerprint density at radius 2 is 2.05 bits per heavy atom. The molecule has 1 aromatic carbocycles. The quantitative estimate of drug-likeness (QED) is 0.780. The first kappa shape index (κ1) is 13.5. The van der Waals surface area contributed by atoms with E-state index in [1.807, 2.05) is 6.92 Å². The van der Waals surface area contributed by atoms with Crippen molar-refractivity contribution in [3.63, 3.8) is 0 Å². The molecule has 21 heavy (non-hydrogen) atoms. The summed E-state index contributed by atoms with van der Waals surface area (Å²) in [7, 11) is 0. The van der Waals surface area contributed by atoms with E-state index >= 15 is 0 Å². The Morgan fingerprint density at radius 1 is 1.29 bits per heavy atom. The number of anilines is 1. The lowest BCUT2D eigenvalue weighted by Crippen LogP contribution is -2.35. The highest BCUT2D eigenvalue weighted by Gasteiger charge is 2.35. The van der Waals surface area contributed by atoms with Crippen LogP contribution in [0.1, 0.15) is 29.6 Å². The van der Waals surface area contributed by atoms with Gasteiger partial charge in [0.1, 0.15) is 17.5 Å². The summed E-state index contributed by atoms with van der Waals surface area (Å²) >= 11 is 0. The molecule has 108 valence electrons. The van der Waals surface area contributed by atoms with E-state index in [1.165, 1.54) is 12.1 Å². The van der Waals surface area contributed by atoms with Crippen LogP contribution < -0.4 is 11.5 Å². The van der Waals surface area contributed by atoms with Crippen molar-refractivity contribution >= 4 is 11.5 Å². The molecule has 0 saturated carbocycles. The van der Waals surface area contributed by atoms with Crippen molar-refractivity contribution in [3.8, 4) is 0 Å². The first-order valence-corrected chi connectivity index (χ1v) is 6.63. The second-order valence-electron chi connectivity index (χ2n) is 5.46. The van der Waals surface area contributed by atoms with Gasteiger partial charge in [-0.3, -0.25) is 4.99 Å². The van der Waals surface area contributed by atoms with Crippen molar-refractivity contribution in [3.05, 3.63) is 52.9 Å². The molecular formula is C15H16FN5. The third kappa shape index (κ3) is 2.22. The van der Waals surface area contributed by atoms with Crippen LogP contribution in [0.15, 0.2) is 29.4 Å². The van der Waals surface area contributed by atoms with Gasteiger partial charge in [-0.25, -0.2) is 14.4 Å². The number of nitrogens with zero attached hydrogens (tertiary/aromatic N) is 3. The van der Waals surface area contributed by atoms with Gasteiger partial charge in [-0.2, -0.15) is 0 Å². The van der Waals surface area contributed by atoms with Gasteiger partial charge in [0, 0.05) is 23.9 Å². The van der Waals surface area contributed by atoms with Crippen molar-refractivity contribution in [2.24, 2.45) is 10.7 Å². The van der Waals surface area contributed by atoms with Crippen LogP contribution in [0.3, 0.4) is 0 Å². The van der Waals surface area contributed by atoms with E-state index in [9.17, 15) is 4.39 Å². The van der Waals surface area contributed by atoms with Crippen LogP contribution in [0, 0.1) is 12.7 Å². The van der Waals surface area contributed by atoms with Crippen molar-refractivity contribution in [1.82, 2.24) is 9.97 Å². The molecule has 3 rings (SSSR count). The van der Waals surface area contributed by atoms with E-state index in [0.29, 0.717) is 34.9 Å². The van der Waals surface area contributed by atoms with Gasteiger partial charge in [0.05, 0.1) is 16.8 Å². The molecule has 0 radical (unpaired) electrons. The zero-order valence-corrected chi connectivity index (χ0v) is 11.9. The molecular weight excluding hydrogens is 269 g/mol. The molecule has 0 bridgehead atoms. The number of amidine groups is 1. The zero-order chi connectivity index (χ0) is 15.2. The normalized spacial score (nSPS) is 20.8. The van der Waals surface area contributed by atoms with Gasteiger partial charge in [-0.1, -0.05) is 0 Å². The fourth-order valence-corrected chi connectivity index (χ4v) is 2.67. The van der Waals surface area contributed by atoms with Crippen LogP contribution in [0.5, 0.6) is 0 Å². The van der Waals surface area contributed by atoms with Crippen LogP contribution in [0.25, 0.3) is 0 Å². The average molecular weight is 285 g/mol. The summed E-state index contributed by atoms with van der Waals surface area (Å²) in [6, 6.07) is 4.48. The van der Waals surface area contributed by atoms with Crippen LogP contribution >= 0.6 is 0 Å². The minimum Gasteiger partial charge on any atom is -0.399 e. The number of hydrogen-bond acceptors (Lipinski definition) is 5. The van der Waals surface area contributed by atoms with Gasteiger partial charge in [0.25, 0.3) is 0 Å². The maximum Gasteiger partial charge on any atom is 0.130 e. The molecule has 0 saturated heterocycles. The summed E-state index contributed by atoms with van der Waals surface area (Å²) < 4.78 is 14.2. The maximum absolute atomic E-state index is 14.2. The van der Waals surface area contributed by atoms with Gasteiger partial charge in [-0.15, -0.1) is 0 Å². The van der Waals surface area contributed by atoms with Crippen molar-refractivity contribution < 1.29 is 4.39 Å². The average Bonchev–Trinajstić information content (AvgIpc) is 2.40. The third-order valence-corrected chi connectivity index (χ3v) is 3.71. The Hall–Kier alpha value is -2.50. The number of nitrogen functional groups attached to an aromatic ring is 1. The van der Waals surface area contributed by atoms with Gasteiger partial charge in [0.2, 0.25) is 0 Å². The van der Waals surface area contributed by atoms with Crippen molar-refractivity contribution in [1.29, 1.82) is 0 Å². The number of halogens is 1. The molecule has 2 aromatic rings. The van der Waals surface area contributed by atoms with E-state index < -0.39 is 5.54 Å². The minimum atomic E-state index is -0.822. The first-order chi connectivity index (χ1) is 9.89. The van der Waals surface area contributed by atoms with E-state index in [-0.39, 0.29) is 5.82 Å². The Kier molecular flexibility index (Phi) is 2.90. The second-order valence-corrected chi connectivity index (χ2v) is 5.46. The molecule has 1 aromatic heterocycles. The Bertz CT molecular complexity index is 756. The predicted molar refractivity (Wildman–Crippen MR) is 79.4 cm³/mol. The van der Waals surface area contributed by atoms with Crippen molar-refractivity contribution in [2.45, 2.75) is 25.8 Å². The second kappa shape index (κ2) is 4.51. The topological polar surface area (TPSA) is 90.2 Å². The molecule has 2 heterocycles. The van der Waals surface area contributed by atoms with E-state index in [2.05, 4.69) is 15.0 Å². The molecule has 0 amide bonds. The van der Waals surface area contributed by atoms with Gasteiger partial charge >= 0.3 is 0 Å². The lowest BCUT2D eigenvalue weighted by molar-refractivity contribution is 0.449. The lowest BCUT2D eigenvalue weighted by Gasteiger charge is -2.31. The minimum absolute atomic E-state index is 0.320. The van der Waals surface area contributed by atoms with E-state index in [4.69, 9.17) is 11.5 Å². The van der Waals surface area contributed by atoms with E-state index in [1.54, 1.807) is 19.2 Å². The van der Waals surface area contributed by atoms with Gasteiger partial charge in [0.15, 0.2) is 0 Å². The molecule has 1 atom stereocenters. The number of nitrogens with two attached hydrogens (primary N) is 2. The molecule has 1 aliphatic rings. The van der Waals surface area contributed by atoms with Gasteiger partial charge in [-0.05, 0) is 32.0 Å². The fourth-order valence-electron chi connectivity index (χ4n) is 2.67. The number of aromatic nitrogens is 2. The van der Waals surface area contributed by atoms with Crippen LogP contribution in [0.4, 0.5) is 10.1 Å². The molecule has 5 nitrogen and oxygen atoms in total. The number of aryl methyl sites for hydroxylation is 1. The third-order valence-electron chi connectivity index (χ3n) is 3.71. The molecule has 4 N–H and O–H groups in total. The zero-order valence-electron chi connectivity index (χ0n) is 11.9. The Labute approximate surface area is 121 Å². The number of fused-ring (bicyclic) bond motifs is 1. The van der Waals surface area contributed by atoms with Crippen LogP contribution in [0.2, 0.25) is 0 Å². The number of hydrogen-bond donors (Lipinski definition) is 2. The fraction of sp³-hybridized carbons (Fsp3) is 0.267. The highest BCUT2D eigenvalue weighted by molar-refractivity contribution is 5.99.